The van der Waals surface area contributed by atoms with Crippen LogP contribution in [0.3, 0.4) is 0 Å². The van der Waals surface area contributed by atoms with Gasteiger partial charge in [-0.2, -0.15) is 0 Å². The van der Waals surface area contributed by atoms with Gasteiger partial charge in [0.05, 0.1) is 5.75 Å². The average molecular weight is 337 g/mol. The Morgan fingerprint density at radius 3 is 2.68 bits per heavy atom. The van der Waals surface area contributed by atoms with Crippen LogP contribution in [0.4, 0.5) is 10.5 Å². The molecule has 0 spiro atoms. The SMILES string of the molecule is C[S@](=O)Cc1ccccc1NC(=O)NCc1cccc(Cl)c1. The molecule has 0 aliphatic carbocycles. The summed E-state index contributed by atoms with van der Waals surface area (Å²) >= 11 is 5.90. The van der Waals surface area contributed by atoms with E-state index in [1.54, 1.807) is 24.5 Å². The van der Waals surface area contributed by atoms with Crippen LogP contribution in [0.25, 0.3) is 0 Å². The maximum atomic E-state index is 12.0. The van der Waals surface area contributed by atoms with Gasteiger partial charge in [-0.1, -0.05) is 41.9 Å². The Morgan fingerprint density at radius 1 is 1.18 bits per heavy atom. The molecule has 116 valence electrons. The number of amides is 2. The van der Waals surface area contributed by atoms with E-state index in [1.807, 2.05) is 30.3 Å². The fourth-order valence-corrected chi connectivity index (χ4v) is 2.89. The van der Waals surface area contributed by atoms with E-state index in [0.29, 0.717) is 23.0 Å². The van der Waals surface area contributed by atoms with E-state index >= 15 is 0 Å². The van der Waals surface area contributed by atoms with Gasteiger partial charge in [0.1, 0.15) is 0 Å². The van der Waals surface area contributed by atoms with Crippen molar-refractivity contribution < 1.29 is 9.00 Å². The molecule has 22 heavy (non-hydrogen) atoms. The third-order valence-corrected chi connectivity index (χ3v) is 3.92. The molecule has 2 N–H and O–H groups in total. The van der Waals surface area contributed by atoms with Gasteiger partial charge in [0.15, 0.2) is 0 Å². The topological polar surface area (TPSA) is 58.2 Å². The fraction of sp³-hybridized carbons (Fsp3) is 0.188. The Kier molecular flexibility index (Phi) is 5.98. The number of urea groups is 1. The lowest BCUT2D eigenvalue weighted by atomic mass is 10.2. The van der Waals surface area contributed by atoms with E-state index in [9.17, 15) is 9.00 Å². The zero-order chi connectivity index (χ0) is 15.9. The summed E-state index contributed by atoms with van der Waals surface area (Å²) in [7, 11) is -0.964. The summed E-state index contributed by atoms with van der Waals surface area (Å²) in [6.45, 7) is 0.383. The first-order valence-electron chi connectivity index (χ1n) is 6.72. The highest BCUT2D eigenvalue weighted by Gasteiger charge is 2.07. The Morgan fingerprint density at radius 2 is 1.95 bits per heavy atom. The van der Waals surface area contributed by atoms with Gasteiger partial charge in [-0.3, -0.25) is 4.21 Å². The number of para-hydroxylation sites is 1. The second kappa shape index (κ2) is 7.96. The number of nitrogens with one attached hydrogen (secondary N) is 2. The highest BCUT2D eigenvalue weighted by Crippen LogP contribution is 2.16. The van der Waals surface area contributed by atoms with Gasteiger partial charge in [-0.25, -0.2) is 4.79 Å². The Bertz CT molecular complexity index is 691. The number of halogens is 1. The summed E-state index contributed by atoms with van der Waals surface area (Å²) in [5.74, 6) is 0.407. The number of hydrogen-bond donors (Lipinski definition) is 2. The van der Waals surface area contributed by atoms with Crippen LogP contribution in [0.2, 0.25) is 5.02 Å². The van der Waals surface area contributed by atoms with Gasteiger partial charge < -0.3 is 10.6 Å². The van der Waals surface area contributed by atoms with E-state index in [0.717, 1.165) is 11.1 Å². The third-order valence-electron chi connectivity index (χ3n) is 2.97. The lowest BCUT2D eigenvalue weighted by Gasteiger charge is -2.11. The Balaban J connectivity index is 1.96. The normalized spacial score (nSPS) is 11.7. The molecule has 1 atom stereocenters. The average Bonchev–Trinajstić information content (AvgIpc) is 2.47. The quantitative estimate of drug-likeness (QED) is 0.877. The lowest BCUT2D eigenvalue weighted by molar-refractivity contribution is 0.251. The standard InChI is InChI=1S/C16H17ClN2O2S/c1-22(21)11-13-6-2-3-8-15(13)19-16(20)18-10-12-5-4-7-14(17)9-12/h2-9H,10-11H2,1H3,(H2,18,19,20)/t22-/m0/s1. The van der Waals surface area contributed by atoms with Gasteiger partial charge in [0.25, 0.3) is 0 Å². The van der Waals surface area contributed by atoms with Crippen LogP contribution in [-0.2, 0) is 23.1 Å². The smallest absolute Gasteiger partial charge is 0.319 e. The van der Waals surface area contributed by atoms with Crippen molar-refractivity contribution in [2.45, 2.75) is 12.3 Å². The zero-order valence-electron chi connectivity index (χ0n) is 12.1. The van der Waals surface area contributed by atoms with E-state index in [2.05, 4.69) is 10.6 Å². The van der Waals surface area contributed by atoms with E-state index in [1.165, 1.54) is 0 Å². The molecule has 4 nitrogen and oxygen atoms in total. The molecule has 0 unspecified atom stereocenters. The zero-order valence-corrected chi connectivity index (χ0v) is 13.7. The first-order valence-corrected chi connectivity index (χ1v) is 8.82. The third kappa shape index (κ3) is 5.16. The number of carbonyl (C=O) groups excluding carboxylic acids is 1. The summed E-state index contributed by atoms with van der Waals surface area (Å²) in [6, 6.07) is 14.3. The van der Waals surface area contributed by atoms with Crippen molar-refractivity contribution in [3.63, 3.8) is 0 Å². The predicted octanol–water partition coefficient (Wildman–Crippen LogP) is 3.54. The van der Waals surface area contributed by atoms with E-state index < -0.39 is 10.8 Å². The molecular weight excluding hydrogens is 320 g/mol. The molecule has 2 aromatic carbocycles. The van der Waals surface area contributed by atoms with E-state index in [4.69, 9.17) is 11.6 Å². The van der Waals surface area contributed by atoms with Crippen molar-refractivity contribution >= 4 is 34.1 Å². The molecule has 0 radical (unpaired) electrons. The van der Waals surface area contributed by atoms with Gasteiger partial charge >= 0.3 is 6.03 Å². The van der Waals surface area contributed by atoms with E-state index in [-0.39, 0.29) is 6.03 Å². The van der Waals surface area contributed by atoms with Crippen LogP contribution in [0.5, 0.6) is 0 Å². The number of benzene rings is 2. The first-order chi connectivity index (χ1) is 10.5. The molecule has 0 fully saturated rings. The van der Waals surface area contributed by atoms with Crippen molar-refractivity contribution in [1.29, 1.82) is 0 Å². The second-order valence-electron chi connectivity index (χ2n) is 4.81. The molecule has 0 aromatic heterocycles. The van der Waals surface area contributed by atoms with Crippen LogP contribution in [-0.4, -0.2) is 16.5 Å². The van der Waals surface area contributed by atoms with Crippen LogP contribution >= 0.6 is 11.6 Å². The predicted molar refractivity (Wildman–Crippen MR) is 91.5 cm³/mol. The molecule has 6 heteroatoms. The number of hydrogen-bond acceptors (Lipinski definition) is 2. The van der Waals surface area contributed by atoms with Gasteiger partial charge in [0, 0.05) is 34.3 Å². The van der Waals surface area contributed by atoms with Crippen molar-refractivity contribution in [1.82, 2.24) is 5.32 Å². The van der Waals surface area contributed by atoms with Crippen LogP contribution in [0.15, 0.2) is 48.5 Å². The molecule has 0 saturated carbocycles. The van der Waals surface area contributed by atoms with Crippen molar-refractivity contribution in [2.24, 2.45) is 0 Å². The minimum atomic E-state index is -0.964. The molecule has 2 rings (SSSR count). The summed E-state index contributed by atoms with van der Waals surface area (Å²) in [6.07, 6.45) is 1.63. The van der Waals surface area contributed by atoms with Gasteiger partial charge in [-0.05, 0) is 29.3 Å². The first kappa shape index (κ1) is 16.5. The molecule has 2 aromatic rings. The Hall–Kier alpha value is -1.85. The lowest BCUT2D eigenvalue weighted by Crippen LogP contribution is -2.28. The summed E-state index contributed by atoms with van der Waals surface area (Å²) < 4.78 is 11.4. The largest absolute Gasteiger partial charge is 0.334 e. The molecule has 0 aliphatic rings. The number of anilines is 1. The monoisotopic (exact) mass is 336 g/mol. The summed E-state index contributed by atoms with van der Waals surface area (Å²) in [5.41, 5.74) is 2.44. The minimum Gasteiger partial charge on any atom is -0.334 e. The van der Waals surface area contributed by atoms with Crippen LogP contribution in [0, 0.1) is 0 Å². The molecule has 2 amide bonds. The van der Waals surface area contributed by atoms with Crippen LogP contribution in [0.1, 0.15) is 11.1 Å². The minimum absolute atomic E-state index is 0.311. The molecule has 0 heterocycles. The maximum absolute atomic E-state index is 12.0. The fourth-order valence-electron chi connectivity index (χ4n) is 1.98. The highest BCUT2D eigenvalue weighted by atomic mass is 35.5. The maximum Gasteiger partial charge on any atom is 0.319 e. The van der Waals surface area contributed by atoms with Crippen LogP contribution < -0.4 is 10.6 Å². The number of carbonyl (C=O) groups is 1. The Labute approximate surface area is 137 Å². The van der Waals surface area contributed by atoms with Crippen molar-refractivity contribution in [2.75, 3.05) is 11.6 Å². The van der Waals surface area contributed by atoms with Crippen molar-refractivity contribution in [3.8, 4) is 0 Å². The number of rotatable bonds is 5. The highest BCUT2D eigenvalue weighted by molar-refractivity contribution is 7.83. The van der Waals surface area contributed by atoms with Crippen molar-refractivity contribution in [3.05, 3.63) is 64.7 Å². The second-order valence-corrected chi connectivity index (χ2v) is 6.68. The summed E-state index contributed by atoms with van der Waals surface area (Å²) in [5, 5.41) is 6.19. The van der Waals surface area contributed by atoms with Gasteiger partial charge in [-0.15, -0.1) is 0 Å². The molecule has 0 saturated heterocycles. The van der Waals surface area contributed by atoms with Gasteiger partial charge in [0.2, 0.25) is 0 Å². The summed E-state index contributed by atoms with van der Waals surface area (Å²) in [4.78, 5) is 12.0. The molecular formula is C16H17ClN2O2S. The molecule has 0 bridgehead atoms. The molecule has 0 aliphatic heterocycles.